The number of aromatic nitrogens is 2. The summed E-state index contributed by atoms with van der Waals surface area (Å²) in [5.41, 5.74) is 4.09. The minimum Gasteiger partial charge on any atom is -0.441 e. The summed E-state index contributed by atoms with van der Waals surface area (Å²) in [6.45, 7) is 8.54. The van der Waals surface area contributed by atoms with Crippen molar-refractivity contribution in [3.63, 3.8) is 0 Å². The van der Waals surface area contributed by atoms with Crippen molar-refractivity contribution in [3.8, 4) is 0 Å². The van der Waals surface area contributed by atoms with E-state index in [1.54, 1.807) is 4.90 Å². The molecule has 0 spiro atoms. The van der Waals surface area contributed by atoms with E-state index in [1.165, 1.54) is 0 Å². The lowest BCUT2D eigenvalue weighted by Crippen LogP contribution is -2.51. The molecule has 198 valence electrons. The van der Waals surface area contributed by atoms with Gasteiger partial charge in [0.15, 0.2) is 6.10 Å². The Labute approximate surface area is 217 Å². The van der Waals surface area contributed by atoms with Gasteiger partial charge in [-0.1, -0.05) is 6.08 Å². The Morgan fingerprint density at radius 2 is 2.03 bits per heavy atom. The fourth-order valence-corrected chi connectivity index (χ4v) is 5.86. The zero-order valence-electron chi connectivity index (χ0n) is 21.5. The second kappa shape index (κ2) is 10.4. The predicted molar refractivity (Wildman–Crippen MR) is 141 cm³/mol. The Hall–Kier alpha value is -2.95. The third-order valence-corrected chi connectivity index (χ3v) is 8.05. The summed E-state index contributed by atoms with van der Waals surface area (Å²) in [6.07, 6.45) is 10.9. The summed E-state index contributed by atoms with van der Waals surface area (Å²) in [6, 6.07) is 4.22. The molecule has 10 heteroatoms. The third kappa shape index (κ3) is 4.85. The molecule has 0 saturated carbocycles. The average molecular weight is 509 g/mol. The van der Waals surface area contributed by atoms with Gasteiger partial charge in [-0.3, -0.25) is 4.99 Å². The maximum atomic E-state index is 12.4. The van der Waals surface area contributed by atoms with Gasteiger partial charge in [-0.05, 0) is 51.4 Å². The Morgan fingerprint density at radius 1 is 1.22 bits per heavy atom. The van der Waals surface area contributed by atoms with E-state index in [9.17, 15) is 4.79 Å². The SMILES string of the molecule is CCOC1(C2C=NC(c3cc4c(N5CCN(C(=O)OC6COC6)CC5)ccnn4c3)=CC2)CCNCC1. The summed E-state index contributed by atoms with van der Waals surface area (Å²) in [5, 5.41) is 8.01. The van der Waals surface area contributed by atoms with Crippen LogP contribution in [0, 0.1) is 5.92 Å². The molecule has 2 aromatic rings. The summed E-state index contributed by atoms with van der Waals surface area (Å²) in [7, 11) is 0. The Morgan fingerprint density at radius 3 is 2.70 bits per heavy atom. The van der Waals surface area contributed by atoms with Crippen LogP contribution in [-0.4, -0.2) is 97.6 Å². The first-order valence-corrected chi connectivity index (χ1v) is 13.5. The van der Waals surface area contributed by atoms with E-state index in [0.29, 0.717) is 32.2 Å². The number of piperazine rings is 1. The lowest BCUT2D eigenvalue weighted by molar-refractivity contribution is -0.104. The molecular weight excluding hydrogens is 472 g/mol. The Kier molecular flexibility index (Phi) is 6.88. The molecular formula is C27H36N6O4. The van der Waals surface area contributed by atoms with Crippen molar-refractivity contribution in [2.24, 2.45) is 10.9 Å². The average Bonchev–Trinajstić information content (AvgIpc) is 3.36. The molecule has 4 aliphatic heterocycles. The number of carbonyl (C=O) groups is 1. The first kappa shape index (κ1) is 24.4. The lowest BCUT2D eigenvalue weighted by atomic mass is 9.77. The van der Waals surface area contributed by atoms with Gasteiger partial charge in [-0.15, -0.1) is 0 Å². The van der Waals surface area contributed by atoms with Crippen molar-refractivity contribution < 1.29 is 19.0 Å². The molecule has 10 nitrogen and oxygen atoms in total. The van der Waals surface area contributed by atoms with Crippen molar-refractivity contribution in [2.75, 3.05) is 64.0 Å². The van der Waals surface area contributed by atoms with Crippen LogP contribution in [0.4, 0.5) is 10.5 Å². The van der Waals surface area contributed by atoms with Crippen molar-refractivity contribution in [3.05, 3.63) is 36.2 Å². The molecule has 0 aromatic carbocycles. The number of nitrogens with one attached hydrogen (secondary N) is 1. The minimum absolute atomic E-state index is 0.0964. The van der Waals surface area contributed by atoms with Crippen LogP contribution in [0.3, 0.4) is 0 Å². The molecule has 1 unspecified atom stereocenters. The van der Waals surface area contributed by atoms with Crippen LogP contribution in [0.15, 0.2) is 35.6 Å². The van der Waals surface area contributed by atoms with E-state index >= 15 is 0 Å². The number of fused-ring (bicyclic) bond motifs is 1. The molecule has 37 heavy (non-hydrogen) atoms. The number of amides is 1. The first-order chi connectivity index (χ1) is 18.1. The van der Waals surface area contributed by atoms with Gasteiger partial charge in [0.1, 0.15) is 0 Å². The molecule has 6 heterocycles. The molecule has 1 atom stereocenters. The van der Waals surface area contributed by atoms with E-state index in [1.807, 2.05) is 10.7 Å². The molecule has 2 aromatic heterocycles. The Balaban J connectivity index is 1.14. The fourth-order valence-electron chi connectivity index (χ4n) is 5.86. The molecule has 0 aliphatic carbocycles. The van der Waals surface area contributed by atoms with Gasteiger partial charge in [0.2, 0.25) is 0 Å². The van der Waals surface area contributed by atoms with Crippen LogP contribution >= 0.6 is 0 Å². The number of hydrogen-bond donors (Lipinski definition) is 1. The van der Waals surface area contributed by atoms with E-state index in [4.69, 9.17) is 19.2 Å². The van der Waals surface area contributed by atoms with E-state index in [0.717, 1.165) is 74.5 Å². The molecule has 0 radical (unpaired) electrons. The number of aliphatic imine (C=N–C) groups is 1. The van der Waals surface area contributed by atoms with Crippen LogP contribution in [0.5, 0.6) is 0 Å². The van der Waals surface area contributed by atoms with Gasteiger partial charge in [0, 0.05) is 62.9 Å². The van der Waals surface area contributed by atoms with Crippen LogP contribution < -0.4 is 10.2 Å². The van der Waals surface area contributed by atoms with Gasteiger partial charge >= 0.3 is 6.09 Å². The molecule has 1 N–H and O–H groups in total. The number of carbonyl (C=O) groups excluding carboxylic acids is 1. The highest BCUT2D eigenvalue weighted by atomic mass is 16.6. The first-order valence-electron chi connectivity index (χ1n) is 13.5. The number of allylic oxidation sites excluding steroid dienone is 1. The zero-order valence-corrected chi connectivity index (χ0v) is 21.5. The molecule has 3 saturated heterocycles. The van der Waals surface area contributed by atoms with Crippen molar-refractivity contribution in [2.45, 2.75) is 37.9 Å². The Bertz CT molecular complexity index is 1170. The number of piperidine rings is 1. The van der Waals surface area contributed by atoms with E-state index in [2.05, 4.69) is 52.9 Å². The highest BCUT2D eigenvalue weighted by Crippen LogP contribution is 2.37. The van der Waals surface area contributed by atoms with Crippen LogP contribution in [0.2, 0.25) is 0 Å². The summed E-state index contributed by atoms with van der Waals surface area (Å²) in [5.74, 6) is 0.295. The van der Waals surface area contributed by atoms with Gasteiger partial charge in [-0.25, -0.2) is 9.31 Å². The van der Waals surface area contributed by atoms with Crippen molar-refractivity contribution in [1.29, 1.82) is 0 Å². The molecule has 0 bridgehead atoms. The highest BCUT2D eigenvalue weighted by Gasteiger charge is 2.40. The number of nitrogens with zero attached hydrogens (tertiary/aromatic N) is 5. The highest BCUT2D eigenvalue weighted by molar-refractivity contribution is 5.83. The van der Waals surface area contributed by atoms with Crippen LogP contribution in [0.25, 0.3) is 11.2 Å². The second-order valence-electron chi connectivity index (χ2n) is 10.2. The van der Waals surface area contributed by atoms with Gasteiger partial charge in [0.05, 0.1) is 35.7 Å². The van der Waals surface area contributed by atoms with Crippen molar-refractivity contribution in [1.82, 2.24) is 19.8 Å². The number of rotatable bonds is 6. The third-order valence-electron chi connectivity index (χ3n) is 8.05. The topological polar surface area (TPSA) is 92.9 Å². The van der Waals surface area contributed by atoms with Crippen LogP contribution in [-0.2, 0) is 14.2 Å². The molecule has 3 fully saturated rings. The molecule has 6 rings (SSSR count). The summed E-state index contributed by atoms with van der Waals surface area (Å²) < 4.78 is 18.8. The standard InChI is InChI=1S/C27H36N6O4/c1-2-36-27(6-9-28-10-7-27)21-3-4-23(29-16-21)20-15-25-24(5-8-30-33(25)17-20)31-11-13-32(14-12-31)26(34)37-22-18-35-19-22/h4-5,8,15-17,21-22,28H,2-3,6-7,9-14,18-19H2,1H3. The summed E-state index contributed by atoms with van der Waals surface area (Å²) in [4.78, 5) is 21.4. The number of hydrogen-bond acceptors (Lipinski definition) is 8. The van der Waals surface area contributed by atoms with Crippen molar-refractivity contribution >= 4 is 29.2 Å². The van der Waals surface area contributed by atoms with Gasteiger partial charge in [-0.2, -0.15) is 5.10 Å². The predicted octanol–water partition coefficient (Wildman–Crippen LogP) is 2.58. The largest absolute Gasteiger partial charge is 0.441 e. The summed E-state index contributed by atoms with van der Waals surface area (Å²) >= 11 is 0. The normalized spacial score (nSPS) is 24.1. The minimum atomic E-state index is -0.242. The van der Waals surface area contributed by atoms with Gasteiger partial charge < -0.3 is 29.3 Å². The molecule has 4 aliphatic rings. The number of anilines is 1. The quantitative estimate of drug-likeness (QED) is 0.641. The smallest absolute Gasteiger partial charge is 0.410 e. The monoisotopic (exact) mass is 508 g/mol. The van der Waals surface area contributed by atoms with E-state index < -0.39 is 0 Å². The molecule has 1 amide bonds. The number of ether oxygens (including phenoxy) is 3. The van der Waals surface area contributed by atoms with Gasteiger partial charge in [0.25, 0.3) is 0 Å². The zero-order chi connectivity index (χ0) is 25.2. The fraction of sp³-hybridized carbons (Fsp3) is 0.593. The second-order valence-corrected chi connectivity index (χ2v) is 10.2. The lowest BCUT2D eigenvalue weighted by Gasteiger charge is -2.42. The maximum absolute atomic E-state index is 12.4. The van der Waals surface area contributed by atoms with E-state index in [-0.39, 0.29) is 17.8 Å². The maximum Gasteiger partial charge on any atom is 0.410 e. The van der Waals surface area contributed by atoms with Crippen LogP contribution in [0.1, 0.15) is 31.7 Å².